The maximum atomic E-state index is 13.4. The lowest BCUT2D eigenvalue weighted by Gasteiger charge is -2.09. The molecule has 120 valence electrons. The summed E-state index contributed by atoms with van der Waals surface area (Å²) in [7, 11) is 0. The molecule has 2 N–H and O–H groups in total. The number of hydrogen-bond donors (Lipinski definition) is 2. The molecule has 0 saturated heterocycles. The second-order valence-corrected chi connectivity index (χ2v) is 5.13. The van der Waals surface area contributed by atoms with Gasteiger partial charge >= 0.3 is 6.09 Å². The summed E-state index contributed by atoms with van der Waals surface area (Å²) in [6, 6.07) is 10.6. The molecule has 0 aliphatic heterocycles. The van der Waals surface area contributed by atoms with Crippen molar-refractivity contribution in [2.45, 2.75) is 13.5 Å². The first-order valence-corrected chi connectivity index (χ1v) is 7.08. The van der Waals surface area contributed by atoms with Crippen LogP contribution in [0.2, 0.25) is 5.02 Å². The van der Waals surface area contributed by atoms with E-state index in [2.05, 4.69) is 10.9 Å². The molecule has 0 bridgehead atoms. The maximum Gasteiger partial charge on any atom is 0.426 e. The molecule has 0 saturated carbocycles. The summed E-state index contributed by atoms with van der Waals surface area (Å²) in [5.74, 6) is -1.46. The van der Waals surface area contributed by atoms with E-state index in [4.69, 9.17) is 16.3 Å². The molecule has 2 rings (SSSR count). The summed E-state index contributed by atoms with van der Waals surface area (Å²) in [4.78, 5) is 23.2. The van der Waals surface area contributed by atoms with Gasteiger partial charge in [-0.05, 0) is 36.2 Å². The Bertz CT molecular complexity index is 737. The Kier molecular flexibility index (Phi) is 5.54. The van der Waals surface area contributed by atoms with Crippen LogP contribution in [-0.4, -0.2) is 12.0 Å². The average molecular weight is 337 g/mol. The van der Waals surface area contributed by atoms with Crippen molar-refractivity contribution in [3.8, 4) is 0 Å². The van der Waals surface area contributed by atoms with Crippen molar-refractivity contribution >= 4 is 23.6 Å². The van der Waals surface area contributed by atoms with Crippen LogP contribution in [0.5, 0.6) is 0 Å². The van der Waals surface area contributed by atoms with E-state index in [9.17, 15) is 14.0 Å². The van der Waals surface area contributed by atoms with Crippen LogP contribution in [0.4, 0.5) is 9.18 Å². The van der Waals surface area contributed by atoms with Gasteiger partial charge in [-0.2, -0.15) is 0 Å². The third-order valence-corrected chi connectivity index (χ3v) is 3.41. The van der Waals surface area contributed by atoms with Gasteiger partial charge in [-0.1, -0.05) is 35.9 Å². The molecule has 2 aromatic carbocycles. The van der Waals surface area contributed by atoms with E-state index in [1.807, 2.05) is 6.92 Å². The van der Waals surface area contributed by atoms with Crippen LogP contribution >= 0.6 is 11.6 Å². The van der Waals surface area contributed by atoms with Crippen molar-refractivity contribution in [2.24, 2.45) is 0 Å². The van der Waals surface area contributed by atoms with Gasteiger partial charge in [0.1, 0.15) is 12.4 Å². The van der Waals surface area contributed by atoms with Crippen LogP contribution in [-0.2, 0) is 11.3 Å². The van der Waals surface area contributed by atoms with E-state index in [1.54, 1.807) is 18.2 Å². The number of halogens is 2. The highest BCUT2D eigenvalue weighted by Gasteiger charge is 2.12. The molecule has 0 aliphatic rings. The Hall–Kier alpha value is -2.60. The number of nitrogens with one attached hydrogen (secondary N) is 2. The number of ether oxygens (including phenoxy) is 1. The number of benzene rings is 2. The molecule has 0 spiro atoms. The third kappa shape index (κ3) is 4.69. The number of hydrogen-bond acceptors (Lipinski definition) is 3. The van der Waals surface area contributed by atoms with Gasteiger partial charge in [0.25, 0.3) is 5.91 Å². The van der Waals surface area contributed by atoms with Gasteiger partial charge in [-0.3, -0.25) is 10.2 Å². The lowest BCUT2D eigenvalue weighted by atomic mass is 10.1. The number of hydrazine groups is 1. The molecule has 0 aliphatic carbocycles. The van der Waals surface area contributed by atoms with Crippen molar-refractivity contribution in [3.63, 3.8) is 0 Å². The van der Waals surface area contributed by atoms with Gasteiger partial charge in [0.05, 0.1) is 5.56 Å². The Morgan fingerprint density at radius 2 is 1.91 bits per heavy atom. The van der Waals surface area contributed by atoms with Gasteiger partial charge in [0.2, 0.25) is 0 Å². The molecule has 0 aromatic heterocycles. The maximum absolute atomic E-state index is 13.4. The smallest absolute Gasteiger partial charge is 0.426 e. The van der Waals surface area contributed by atoms with Crippen molar-refractivity contribution < 1.29 is 18.7 Å². The Balaban J connectivity index is 1.82. The SMILES string of the molecule is Cc1cc(COC(=O)NNC(=O)c2ccccc2F)ccc1Cl. The van der Waals surface area contributed by atoms with E-state index in [0.29, 0.717) is 5.02 Å². The predicted molar refractivity (Wildman–Crippen MR) is 83.4 cm³/mol. The Labute approximate surface area is 137 Å². The number of carbonyl (C=O) groups is 2. The fourth-order valence-corrected chi connectivity index (χ4v) is 1.92. The standard InChI is InChI=1S/C16H14ClFN2O3/c1-10-8-11(6-7-13(10)17)9-23-16(22)20-19-15(21)12-4-2-3-5-14(12)18/h2-8H,9H2,1H3,(H,19,21)(H,20,22). The van der Waals surface area contributed by atoms with E-state index in [0.717, 1.165) is 17.2 Å². The molecule has 0 fully saturated rings. The monoisotopic (exact) mass is 336 g/mol. The van der Waals surface area contributed by atoms with Gasteiger partial charge in [-0.25, -0.2) is 14.6 Å². The molecular formula is C16H14ClFN2O3. The zero-order valence-corrected chi connectivity index (χ0v) is 13.0. The van der Waals surface area contributed by atoms with Gasteiger partial charge in [-0.15, -0.1) is 0 Å². The summed E-state index contributed by atoms with van der Waals surface area (Å²) in [5, 5.41) is 0.621. The summed E-state index contributed by atoms with van der Waals surface area (Å²) < 4.78 is 18.3. The normalized spacial score (nSPS) is 10.0. The molecule has 0 heterocycles. The summed E-state index contributed by atoms with van der Waals surface area (Å²) in [6.45, 7) is 1.85. The Morgan fingerprint density at radius 3 is 2.61 bits per heavy atom. The molecule has 5 nitrogen and oxygen atoms in total. The second-order valence-electron chi connectivity index (χ2n) is 4.72. The minimum absolute atomic E-state index is 0.0133. The summed E-state index contributed by atoms with van der Waals surface area (Å²) in [5.41, 5.74) is 5.56. The first-order chi connectivity index (χ1) is 11.0. The predicted octanol–water partition coefficient (Wildman–Crippen LogP) is 3.36. The minimum Gasteiger partial charge on any atom is -0.443 e. The van der Waals surface area contributed by atoms with Crippen LogP contribution < -0.4 is 10.9 Å². The molecule has 0 atom stereocenters. The zero-order chi connectivity index (χ0) is 16.8. The summed E-state index contributed by atoms with van der Waals surface area (Å²) >= 11 is 5.90. The highest BCUT2D eigenvalue weighted by molar-refractivity contribution is 6.31. The topological polar surface area (TPSA) is 67.4 Å². The van der Waals surface area contributed by atoms with Crippen molar-refractivity contribution in [1.29, 1.82) is 0 Å². The average Bonchev–Trinajstić information content (AvgIpc) is 2.54. The third-order valence-electron chi connectivity index (χ3n) is 2.99. The van der Waals surface area contributed by atoms with E-state index >= 15 is 0 Å². The fraction of sp³-hybridized carbons (Fsp3) is 0.125. The van der Waals surface area contributed by atoms with Crippen LogP contribution in [0.15, 0.2) is 42.5 Å². The highest BCUT2D eigenvalue weighted by Crippen LogP contribution is 2.16. The number of aryl methyl sites for hydroxylation is 1. The van der Waals surface area contributed by atoms with Crippen LogP contribution in [0.3, 0.4) is 0 Å². The van der Waals surface area contributed by atoms with Crippen molar-refractivity contribution in [2.75, 3.05) is 0 Å². The van der Waals surface area contributed by atoms with Crippen molar-refractivity contribution in [3.05, 3.63) is 70.0 Å². The van der Waals surface area contributed by atoms with Crippen molar-refractivity contribution in [1.82, 2.24) is 10.9 Å². The number of amides is 2. The summed E-state index contributed by atoms with van der Waals surface area (Å²) in [6.07, 6.45) is -0.859. The van der Waals surface area contributed by atoms with Gasteiger partial charge < -0.3 is 4.74 Å². The number of rotatable bonds is 3. The molecular weight excluding hydrogens is 323 g/mol. The van der Waals surface area contributed by atoms with E-state index in [1.165, 1.54) is 18.2 Å². The minimum atomic E-state index is -0.859. The fourth-order valence-electron chi connectivity index (χ4n) is 1.80. The van der Waals surface area contributed by atoms with Crippen LogP contribution in [0.1, 0.15) is 21.5 Å². The molecule has 0 unspecified atom stereocenters. The van der Waals surface area contributed by atoms with E-state index < -0.39 is 17.8 Å². The second kappa shape index (κ2) is 7.60. The molecule has 7 heteroatoms. The highest BCUT2D eigenvalue weighted by atomic mass is 35.5. The lowest BCUT2D eigenvalue weighted by molar-refractivity contribution is 0.0901. The molecule has 0 radical (unpaired) electrons. The largest absolute Gasteiger partial charge is 0.443 e. The lowest BCUT2D eigenvalue weighted by Crippen LogP contribution is -2.42. The van der Waals surface area contributed by atoms with Gasteiger partial charge in [0.15, 0.2) is 0 Å². The molecule has 2 amide bonds. The quantitative estimate of drug-likeness (QED) is 0.845. The Morgan fingerprint density at radius 1 is 1.17 bits per heavy atom. The molecule has 23 heavy (non-hydrogen) atoms. The first kappa shape index (κ1) is 16.8. The zero-order valence-electron chi connectivity index (χ0n) is 12.2. The van der Waals surface area contributed by atoms with E-state index in [-0.39, 0.29) is 12.2 Å². The van der Waals surface area contributed by atoms with Crippen LogP contribution in [0.25, 0.3) is 0 Å². The number of carbonyl (C=O) groups excluding carboxylic acids is 2. The molecule has 2 aromatic rings. The van der Waals surface area contributed by atoms with Crippen LogP contribution in [0, 0.1) is 12.7 Å². The first-order valence-electron chi connectivity index (χ1n) is 6.70. The van der Waals surface area contributed by atoms with Gasteiger partial charge in [0, 0.05) is 5.02 Å².